The van der Waals surface area contributed by atoms with Gasteiger partial charge in [-0.15, -0.1) is 0 Å². The molecule has 1 aromatic heterocycles. The molecule has 0 amide bonds. The zero-order valence-corrected chi connectivity index (χ0v) is 11.3. The molecule has 2 rings (SSSR count). The fraction of sp³-hybridized carbons (Fsp3) is 0.500. The smallest absolute Gasteiger partial charge is 0.136 e. The van der Waals surface area contributed by atoms with Crippen molar-refractivity contribution in [2.75, 3.05) is 5.73 Å². The van der Waals surface area contributed by atoms with Crippen molar-refractivity contribution in [3.05, 3.63) is 24.0 Å². The van der Waals surface area contributed by atoms with Gasteiger partial charge in [0.05, 0.1) is 17.1 Å². The van der Waals surface area contributed by atoms with Gasteiger partial charge in [0.25, 0.3) is 0 Å². The van der Waals surface area contributed by atoms with Gasteiger partial charge in [0.15, 0.2) is 0 Å². The van der Waals surface area contributed by atoms with Crippen LogP contribution < -0.4 is 5.73 Å². The average Bonchev–Trinajstić information content (AvgIpc) is 2.65. The fourth-order valence-electron chi connectivity index (χ4n) is 2.01. The highest BCUT2D eigenvalue weighted by Crippen LogP contribution is 2.20. The summed E-state index contributed by atoms with van der Waals surface area (Å²) in [5.74, 6) is 0.978. The van der Waals surface area contributed by atoms with Crippen LogP contribution in [0.5, 0.6) is 0 Å². The maximum Gasteiger partial charge on any atom is 0.136 e. The van der Waals surface area contributed by atoms with E-state index in [9.17, 15) is 0 Å². The minimum absolute atomic E-state index is 0.213. The molecule has 0 aliphatic heterocycles. The zero-order valence-electron chi connectivity index (χ0n) is 11.3. The molecule has 0 saturated heterocycles. The molecule has 0 aliphatic rings. The van der Waals surface area contributed by atoms with Crippen molar-refractivity contribution < 1.29 is 4.74 Å². The second-order valence-corrected chi connectivity index (χ2v) is 4.79. The van der Waals surface area contributed by atoms with E-state index < -0.39 is 0 Å². The Labute approximate surface area is 108 Å². The summed E-state index contributed by atoms with van der Waals surface area (Å²) in [6, 6.07) is 5.84. The Morgan fingerprint density at radius 3 is 2.83 bits per heavy atom. The number of nitrogens with zero attached hydrogens (tertiary/aromatic N) is 2. The van der Waals surface area contributed by atoms with Crippen LogP contribution in [0.1, 0.15) is 33.0 Å². The number of ether oxygens (including phenoxy) is 1. The van der Waals surface area contributed by atoms with Crippen molar-refractivity contribution in [2.24, 2.45) is 0 Å². The fourth-order valence-corrected chi connectivity index (χ4v) is 2.01. The normalized spacial score (nSPS) is 11.6. The van der Waals surface area contributed by atoms with Crippen molar-refractivity contribution >= 4 is 16.7 Å². The minimum atomic E-state index is 0.213. The van der Waals surface area contributed by atoms with E-state index in [1.54, 1.807) is 0 Å². The Morgan fingerprint density at radius 1 is 1.39 bits per heavy atom. The maximum absolute atomic E-state index is 5.85. The van der Waals surface area contributed by atoms with Crippen LogP contribution in [0.25, 0.3) is 11.0 Å². The highest BCUT2D eigenvalue weighted by Gasteiger charge is 2.11. The van der Waals surface area contributed by atoms with E-state index in [1.807, 2.05) is 32.0 Å². The van der Waals surface area contributed by atoms with Gasteiger partial charge in [-0.3, -0.25) is 0 Å². The number of hydrogen-bond acceptors (Lipinski definition) is 3. The number of fused-ring (bicyclic) bond motifs is 1. The number of nitrogens with two attached hydrogens (primary N) is 1. The first-order valence-electron chi connectivity index (χ1n) is 6.48. The molecule has 0 spiro atoms. The van der Waals surface area contributed by atoms with Crippen LogP contribution in [-0.4, -0.2) is 15.7 Å². The van der Waals surface area contributed by atoms with Crippen LogP contribution in [0.4, 0.5) is 5.69 Å². The van der Waals surface area contributed by atoms with E-state index in [0.29, 0.717) is 6.61 Å². The lowest BCUT2D eigenvalue weighted by Gasteiger charge is -2.10. The van der Waals surface area contributed by atoms with Crippen LogP contribution in [0.2, 0.25) is 0 Å². The van der Waals surface area contributed by atoms with E-state index in [-0.39, 0.29) is 6.10 Å². The van der Waals surface area contributed by atoms with Crippen molar-refractivity contribution in [3.63, 3.8) is 0 Å². The Morgan fingerprint density at radius 2 is 2.17 bits per heavy atom. The first kappa shape index (κ1) is 12.9. The Bertz CT molecular complexity index is 531. The highest BCUT2D eigenvalue weighted by molar-refractivity contribution is 5.79. The van der Waals surface area contributed by atoms with Crippen molar-refractivity contribution in [2.45, 2.75) is 46.4 Å². The second kappa shape index (κ2) is 5.40. The lowest BCUT2D eigenvalue weighted by atomic mass is 10.3. The number of nitrogen functional groups attached to an aromatic ring is 1. The second-order valence-electron chi connectivity index (χ2n) is 4.79. The molecule has 4 nitrogen and oxygen atoms in total. The van der Waals surface area contributed by atoms with Gasteiger partial charge >= 0.3 is 0 Å². The van der Waals surface area contributed by atoms with Crippen LogP contribution in [0.3, 0.4) is 0 Å². The van der Waals surface area contributed by atoms with Crippen molar-refractivity contribution in [1.82, 2.24) is 9.55 Å². The molecule has 2 N–H and O–H groups in total. The molecular formula is C14H21N3O. The molecule has 1 aromatic carbocycles. The standard InChI is InChI=1S/C14H21N3O/c1-4-7-17-13-8-11(15)5-6-12(13)16-14(17)9-18-10(2)3/h5-6,8,10H,4,7,9,15H2,1-3H3. The van der Waals surface area contributed by atoms with Gasteiger partial charge in [0.2, 0.25) is 0 Å². The summed E-state index contributed by atoms with van der Waals surface area (Å²) in [5, 5.41) is 0. The molecule has 0 radical (unpaired) electrons. The summed E-state index contributed by atoms with van der Waals surface area (Å²) >= 11 is 0. The topological polar surface area (TPSA) is 53.1 Å². The third kappa shape index (κ3) is 2.64. The maximum atomic E-state index is 5.85. The van der Waals surface area contributed by atoms with Crippen LogP contribution >= 0.6 is 0 Å². The predicted molar refractivity (Wildman–Crippen MR) is 74.4 cm³/mol. The summed E-state index contributed by atoms with van der Waals surface area (Å²) in [5.41, 5.74) is 8.70. The third-order valence-electron chi connectivity index (χ3n) is 2.84. The average molecular weight is 247 g/mol. The largest absolute Gasteiger partial charge is 0.399 e. The van der Waals surface area contributed by atoms with Crippen LogP contribution in [0.15, 0.2) is 18.2 Å². The van der Waals surface area contributed by atoms with E-state index in [0.717, 1.165) is 35.5 Å². The third-order valence-corrected chi connectivity index (χ3v) is 2.84. The molecule has 0 saturated carbocycles. The van der Waals surface area contributed by atoms with Crippen LogP contribution in [0, 0.1) is 0 Å². The lowest BCUT2D eigenvalue weighted by molar-refractivity contribution is 0.0597. The number of anilines is 1. The first-order chi connectivity index (χ1) is 8.61. The number of benzene rings is 1. The van der Waals surface area contributed by atoms with Crippen LogP contribution in [-0.2, 0) is 17.9 Å². The number of imidazole rings is 1. The summed E-state index contributed by atoms with van der Waals surface area (Å²) < 4.78 is 7.86. The van der Waals surface area contributed by atoms with Gasteiger partial charge < -0.3 is 15.0 Å². The quantitative estimate of drug-likeness (QED) is 0.826. The number of rotatable bonds is 5. The molecule has 1 heterocycles. The first-order valence-corrected chi connectivity index (χ1v) is 6.48. The summed E-state index contributed by atoms with van der Waals surface area (Å²) in [7, 11) is 0. The van der Waals surface area contributed by atoms with Gasteiger partial charge in [0.1, 0.15) is 12.4 Å². The SMILES string of the molecule is CCCn1c(COC(C)C)nc2ccc(N)cc21. The Kier molecular flexibility index (Phi) is 3.87. The van der Waals surface area contributed by atoms with Gasteiger partial charge in [-0.25, -0.2) is 4.98 Å². The molecule has 0 fully saturated rings. The van der Waals surface area contributed by atoms with E-state index in [4.69, 9.17) is 10.5 Å². The number of aromatic nitrogens is 2. The number of aryl methyl sites for hydroxylation is 1. The Balaban J connectivity index is 2.41. The molecule has 0 aliphatic carbocycles. The Hall–Kier alpha value is -1.55. The molecule has 0 atom stereocenters. The summed E-state index contributed by atoms with van der Waals surface area (Å²) in [4.78, 5) is 4.63. The molecule has 98 valence electrons. The number of hydrogen-bond donors (Lipinski definition) is 1. The zero-order chi connectivity index (χ0) is 13.1. The predicted octanol–water partition coefficient (Wildman–Crippen LogP) is 2.95. The van der Waals surface area contributed by atoms with E-state index in [2.05, 4.69) is 16.5 Å². The molecule has 18 heavy (non-hydrogen) atoms. The van der Waals surface area contributed by atoms with Crippen molar-refractivity contribution in [3.8, 4) is 0 Å². The highest BCUT2D eigenvalue weighted by atomic mass is 16.5. The van der Waals surface area contributed by atoms with Gasteiger partial charge in [-0.1, -0.05) is 6.92 Å². The lowest BCUT2D eigenvalue weighted by Crippen LogP contribution is -2.09. The monoisotopic (exact) mass is 247 g/mol. The van der Waals surface area contributed by atoms with Gasteiger partial charge in [-0.2, -0.15) is 0 Å². The molecule has 0 unspecified atom stereocenters. The summed E-state index contributed by atoms with van der Waals surface area (Å²) in [6.45, 7) is 7.71. The van der Waals surface area contributed by atoms with Gasteiger partial charge in [-0.05, 0) is 38.5 Å². The molecule has 2 aromatic rings. The van der Waals surface area contributed by atoms with Crippen molar-refractivity contribution in [1.29, 1.82) is 0 Å². The summed E-state index contributed by atoms with van der Waals surface area (Å²) in [6.07, 6.45) is 1.28. The molecule has 0 bridgehead atoms. The van der Waals surface area contributed by atoms with E-state index >= 15 is 0 Å². The molecule has 4 heteroatoms. The molecular weight excluding hydrogens is 226 g/mol. The van der Waals surface area contributed by atoms with Gasteiger partial charge in [0, 0.05) is 12.2 Å². The van der Waals surface area contributed by atoms with E-state index in [1.165, 1.54) is 0 Å². The minimum Gasteiger partial charge on any atom is -0.399 e.